The summed E-state index contributed by atoms with van der Waals surface area (Å²) in [4.78, 5) is 23.1. The molecule has 0 aliphatic heterocycles. The van der Waals surface area contributed by atoms with Gasteiger partial charge in [-0.3, -0.25) is 9.59 Å². The number of aliphatic hydroxyl groups excluding tert-OH is 1. The molecule has 2 N–H and O–H groups in total. The van der Waals surface area contributed by atoms with E-state index in [-0.39, 0.29) is 12.8 Å². The van der Waals surface area contributed by atoms with Crippen molar-refractivity contribution in [2.75, 3.05) is 0 Å². The first-order valence-electron chi connectivity index (χ1n) is 12.1. The van der Waals surface area contributed by atoms with Gasteiger partial charge < -0.3 is 14.9 Å². The van der Waals surface area contributed by atoms with E-state index in [4.69, 9.17) is 9.84 Å². The number of rotatable bonds is 21. The monoisotopic (exact) mass is 414 g/mol. The zero-order valence-corrected chi connectivity index (χ0v) is 19.0. The Morgan fingerprint density at radius 2 is 1.14 bits per heavy atom. The average molecular weight is 415 g/mol. The zero-order valence-electron chi connectivity index (χ0n) is 19.0. The molecule has 0 heterocycles. The SMILES string of the molecule is CCCCCCCCCCCC(O)CC(=O)OC(CCCCCCC)CC(=O)O. The normalized spacial score (nSPS) is 13.2. The Kier molecular flexibility index (Phi) is 19.4. The third-order valence-corrected chi connectivity index (χ3v) is 5.37. The average Bonchev–Trinajstić information content (AvgIpc) is 2.65. The number of hydrogen-bond donors (Lipinski definition) is 2. The van der Waals surface area contributed by atoms with Crippen LogP contribution in [-0.2, 0) is 14.3 Å². The van der Waals surface area contributed by atoms with Crippen LogP contribution in [0, 0.1) is 0 Å². The van der Waals surface area contributed by atoms with Crippen LogP contribution in [0.4, 0.5) is 0 Å². The molecule has 0 saturated carbocycles. The van der Waals surface area contributed by atoms with E-state index in [9.17, 15) is 14.7 Å². The van der Waals surface area contributed by atoms with Crippen LogP contribution in [-0.4, -0.2) is 34.4 Å². The maximum Gasteiger partial charge on any atom is 0.308 e. The van der Waals surface area contributed by atoms with Gasteiger partial charge in [-0.1, -0.05) is 97.3 Å². The maximum absolute atomic E-state index is 12.1. The van der Waals surface area contributed by atoms with E-state index in [1.165, 1.54) is 51.4 Å². The molecule has 0 fully saturated rings. The van der Waals surface area contributed by atoms with Gasteiger partial charge in [0, 0.05) is 0 Å². The minimum Gasteiger partial charge on any atom is -0.481 e. The van der Waals surface area contributed by atoms with Crippen LogP contribution in [0.5, 0.6) is 0 Å². The van der Waals surface area contributed by atoms with E-state index >= 15 is 0 Å². The van der Waals surface area contributed by atoms with Crippen molar-refractivity contribution < 1.29 is 24.5 Å². The summed E-state index contributed by atoms with van der Waals surface area (Å²) in [6.07, 6.45) is 16.0. The predicted octanol–water partition coefficient (Wildman–Crippen LogP) is 6.41. The molecule has 0 rings (SSSR count). The Morgan fingerprint density at radius 1 is 0.690 bits per heavy atom. The highest BCUT2D eigenvalue weighted by Crippen LogP contribution is 2.16. The van der Waals surface area contributed by atoms with Crippen LogP contribution in [0.2, 0.25) is 0 Å². The second-order valence-electron chi connectivity index (χ2n) is 8.39. The Labute approximate surface area is 178 Å². The van der Waals surface area contributed by atoms with E-state index in [1.807, 2.05) is 0 Å². The Morgan fingerprint density at radius 3 is 1.62 bits per heavy atom. The van der Waals surface area contributed by atoms with Crippen LogP contribution in [0.15, 0.2) is 0 Å². The van der Waals surface area contributed by atoms with Gasteiger partial charge in [-0.05, 0) is 19.3 Å². The van der Waals surface area contributed by atoms with E-state index in [0.717, 1.165) is 38.5 Å². The fourth-order valence-corrected chi connectivity index (χ4v) is 3.59. The summed E-state index contributed by atoms with van der Waals surface area (Å²) in [5, 5.41) is 19.1. The molecule has 0 amide bonds. The smallest absolute Gasteiger partial charge is 0.308 e. The largest absolute Gasteiger partial charge is 0.481 e. The first-order chi connectivity index (χ1) is 14.0. The lowest BCUT2D eigenvalue weighted by molar-refractivity contribution is -0.155. The molecule has 5 heteroatoms. The lowest BCUT2D eigenvalue weighted by atomic mass is 10.0. The van der Waals surface area contributed by atoms with E-state index < -0.39 is 24.1 Å². The molecule has 172 valence electrons. The predicted molar refractivity (Wildman–Crippen MR) is 118 cm³/mol. The molecule has 0 aromatic carbocycles. The highest BCUT2D eigenvalue weighted by atomic mass is 16.5. The summed E-state index contributed by atoms with van der Waals surface area (Å²) < 4.78 is 5.35. The summed E-state index contributed by atoms with van der Waals surface area (Å²) in [5.74, 6) is -1.43. The zero-order chi connectivity index (χ0) is 21.7. The van der Waals surface area contributed by atoms with Crippen molar-refractivity contribution >= 4 is 11.9 Å². The number of carbonyl (C=O) groups excluding carboxylic acids is 1. The third kappa shape index (κ3) is 20.0. The number of carboxylic acids is 1. The summed E-state index contributed by atoms with van der Waals surface area (Å²) in [6.45, 7) is 4.37. The van der Waals surface area contributed by atoms with E-state index in [0.29, 0.717) is 12.8 Å². The highest BCUT2D eigenvalue weighted by Gasteiger charge is 2.20. The highest BCUT2D eigenvalue weighted by molar-refractivity contribution is 5.71. The van der Waals surface area contributed by atoms with Gasteiger partial charge >= 0.3 is 11.9 Å². The molecular weight excluding hydrogens is 368 g/mol. The number of carboxylic acid groups (broad SMARTS) is 1. The van der Waals surface area contributed by atoms with Crippen molar-refractivity contribution in [1.29, 1.82) is 0 Å². The molecule has 0 aromatic heterocycles. The van der Waals surface area contributed by atoms with Gasteiger partial charge in [0.05, 0.1) is 18.9 Å². The van der Waals surface area contributed by atoms with Gasteiger partial charge in [-0.15, -0.1) is 0 Å². The molecule has 0 spiro atoms. The molecular formula is C24H46O5. The van der Waals surface area contributed by atoms with Crippen LogP contribution < -0.4 is 0 Å². The lowest BCUT2D eigenvalue weighted by Crippen LogP contribution is -2.24. The lowest BCUT2D eigenvalue weighted by Gasteiger charge is -2.17. The maximum atomic E-state index is 12.1. The number of aliphatic hydroxyl groups is 1. The summed E-state index contributed by atoms with van der Waals surface area (Å²) in [7, 11) is 0. The van der Waals surface area contributed by atoms with E-state index in [1.54, 1.807) is 0 Å². The van der Waals surface area contributed by atoms with Crippen LogP contribution in [0.1, 0.15) is 129 Å². The number of aliphatic carboxylic acids is 1. The molecule has 0 saturated heterocycles. The standard InChI is InChI=1S/C24H46O5/c1-3-5-7-9-10-11-12-14-15-17-21(25)19-24(28)29-22(20-23(26)27)18-16-13-8-6-4-2/h21-22,25H,3-20H2,1-2H3,(H,26,27). The fourth-order valence-electron chi connectivity index (χ4n) is 3.59. The third-order valence-electron chi connectivity index (χ3n) is 5.37. The second-order valence-corrected chi connectivity index (χ2v) is 8.39. The van der Waals surface area contributed by atoms with Crippen molar-refractivity contribution in [3.8, 4) is 0 Å². The first kappa shape index (κ1) is 27.9. The number of hydrogen-bond acceptors (Lipinski definition) is 4. The van der Waals surface area contributed by atoms with Gasteiger partial charge in [-0.25, -0.2) is 0 Å². The minimum absolute atomic E-state index is 0.0387. The minimum atomic E-state index is -0.952. The molecule has 29 heavy (non-hydrogen) atoms. The van der Waals surface area contributed by atoms with Crippen molar-refractivity contribution in [2.45, 2.75) is 142 Å². The van der Waals surface area contributed by atoms with Crippen LogP contribution in [0.3, 0.4) is 0 Å². The van der Waals surface area contributed by atoms with Crippen molar-refractivity contribution in [3.63, 3.8) is 0 Å². The molecule has 2 atom stereocenters. The van der Waals surface area contributed by atoms with Crippen LogP contribution >= 0.6 is 0 Å². The topological polar surface area (TPSA) is 83.8 Å². The molecule has 0 aliphatic carbocycles. The quantitative estimate of drug-likeness (QED) is 0.168. The van der Waals surface area contributed by atoms with E-state index in [2.05, 4.69) is 13.8 Å². The molecule has 5 nitrogen and oxygen atoms in total. The summed E-state index contributed by atoms with van der Waals surface area (Å²) >= 11 is 0. The number of esters is 1. The van der Waals surface area contributed by atoms with Crippen molar-refractivity contribution in [2.24, 2.45) is 0 Å². The number of unbranched alkanes of at least 4 members (excludes halogenated alkanes) is 12. The van der Waals surface area contributed by atoms with Gasteiger partial charge in [-0.2, -0.15) is 0 Å². The Balaban J connectivity index is 3.88. The number of ether oxygens (including phenoxy) is 1. The van der Waals surface area contributed by atoms with Gasteiger partial charge in [0.15, 0.2) is 0 Å². The molecule has 0 radical (unpaired) electrons. The fraction of sp³-hybridized carbons (Fsp3) is 0.917. The number of carbonyl (C=O) groups is 2. The van der Waals surface area contributed by atoms with Gasteiger partial charge in [0.2, 0.25) is 0 Å². The van der Waals surface area contributed by atoms with Crippen molar-refractivity contribution in [3.05, 3.63) is 0 Å². The van der Waals surface area contributed by atoms with Crippen LogP contribution in [0.25, 0.3) is 0 Å². The van der Waals surface area contributed by atoms with Crippen molar-refractivity contribution in [1.82, 2.24) is 0 Å². The molecule has 2 unspecified atom stereocenters. The Bertz CT molecular complexity index is 397. The van der Waals surface area contributed by atoms with Gasteiger partial charge in [0.25, 0.3) is 0 Å². The summed E-state index contributed by atoms with van der Waals surface area (Å²) in [5.41, 5.74) is 0. The second kappa shape index (κ2) is 20.2. The molecule has 0 bridgehead atoms. The Hall–Kier alpha value is -1.10. The molecule has 0 aromatic rings. The first-order valence-corrected chi connectivity index (χ1v) is 12.1. The molecule has 0 aliphatic rings. The summed E-state index contributed by atoms with van der Waals surface area (Å²) in [6, 6.07) is 0. The van der Waals surface area contributed by atoms with Gasteiger partial charge in [0.1, 0.15) is 6.10 Å².